The SMILES string of the molecule is COc1ccc(CO)cc1CNc1ncc(C#N)c(NC[C@]23CC4C[C@H](C2)[C@@H](NC(=O)OC(C)(C)C)[C@@H](C4)C3)n1. The number of nitrogens with zero attached hydrogens (tertiary/aromatic N) is 3. The van der Waals surface area contributed by atoms with Gasteiger partial charge >= 0.3 is 6.09 Å². The van der Waals surface area contributed by atoms with Crippen LogP contribution in [-0.4, -0.2) is 46.5 Å². The Morgan fingerprint density at radius 2 is 1.95 bits per heavy atom. The van der Waals surface area contributed by atoms with Gasteiger partial charge in [0.15, 0.2) is 0 Å². The van der Waals surface area contributed by atoms with E-state index in [1.165, 1.54) is 0 Å². The summed E-state index contributed by atoms with van der Waals surface area (Å²) in [4.78, 5) is 21.5. The molecule has 4 aliphatic carbocycles. The number of hydrogen-bond donors (Lipinski definition) is 4. The first kappa shape index (κ1) is 28.0. The van der Waals surface area contributed by atoms with Gasteiger partial charge < -0.3 is 30.5 Å². The number of hydrogen-bond acceptors (Lipinski definition) is 9. The number of benzene rings is 1. The molecule has 1 aromatic carbocycles. The van der Waals surface area contributed by atoms with Gasteiger partial charge in [0.2, 0.25) is 5.95 Å². The molecule has 40 heavy (non-hydrogen) atoms. The van der Waals surface area contributed by atoms with Crippen molar-refractivity contribution in [2.45, 2.75) is 77.7 Å². The van der Waals surface area contributed by atoms with Crippen molar-refractivity contribution in [3.63, 3.8) is 0 Å². The molecule has 10 nitrogen and oxygen atoms in total. The number of carbonyl (C=O) groups excluding carboxylic acids is 1. The van der Waals surface area contributed by atoms with Gasteiger partial charge in [0, 0.05) is 24.7 Å². The average molecular weight is 549 g/mol. The zero-order valence-electron chi connectivity index (χ0n) is 23.8. The van der Waals surface area contributed by atoms with Crippen molar-refractivity contribution in [3.8, 4) is 11.8 Å². The molecule has 2 aromatic rings. The number of aliphatic hydroxyl groups excluding tert-OH is 1. The van der Waals surface area contributed by atoms with Crippen molar-refractivity contribution >= 4 is 17.9 Å². The number of nitriles is 1. The zero-order valence-corrected chi connectivity index (χ0v) is 23.8. The molecule has 4 aliphatic rings. The monoisotopic (exact) mass is 548 g/mol. The number of aromatic nitrogens is 2. The summed E-state index contributed by atoms with van der Waals surface area (Å²) in [5.41, 5.74) is 1.67. The maximum absolute atomic E-state index is 12.5. The number of methoxy groups -OCH3 is 1. The van der Waals surface area contributed by atoms with Crippen molar-refractivity contribution in [3.05, 3.63) is 41.1 Å². The summed E-state index contributed by atoms with van der Waals surface area (Å²) in [6, 6.07) is 7.90. The van der Waals surface area contributed by atoms with E-state index in [1.807, 2.05) is 39.0 Å². The third-order valence-electron chi connectivity index (χ3n) is 8.59. The van der Waals surface area contributed by atoms with Crippen LogP contribution < -0.4 is 20.7 Å². The highest BCUT2D eigenvalue weighted by atomic mass is 16.6. The topological polar surface area (TPSA) is 141 Å². The van der Waals surface area contributed by atoms with Gasteiger partial charge in [-0.3, -0.25) is 0 Å². The minimum atomic E-state index is -0.514. The molecule has 1 aromatic heterocycles. The van der Waals surface area contributed by atoms with Crippen LogP contribution in [0.25, 0.3) is 0 Å². The van der Waals surface area contributed by atoms with Crippen LogP contribution in [-0.2, 0) is 17.9 Å². The van der Waals surface area contributed by atoms with E-state index in [1.54, 1.807) is 13.3 Å². The normalized spacial score (nSPS) is 26.6. The van der Waals surface area contributed by atoms with Crippen LogP contribution in [0.1, 0.15) is 69.6 Å². The molecule has 0 saturated heterocycles. The average Bonchev–Trinajstić information content (AvgIpc) is 2.91. The number of aliphatic hydroxyl groups is 1. The smallest absolute Gasteiger partial charge is 0.407 e. The van der Waals surface area contributed by atoms with E-state index >= 15 is 0 Å². The summed E-state index contributed by atoms with van der Waals surface area (Å²) in [5.74, 6) is 3.17. The Kier molecular flexibility index (Phi) is 7.78. The second kappa shape index (κ2) is 11.1. The van der Waals surface area contributed by atoms with Gasteiger partial charge in [-0.05, 0) is 93.7 Å². The molecule has 214 valence electrons. The number of rotatable bonds is 9. The molecule has 6 rings (SSSR count). The van der Waals surface area contributed by atoms with Gasteiger partial charge in [0.1, 0.15) is 28.8 Å². The van der Waals surface area contributed by atoms with E-state index in [-0.39, 0.29) is 24.2 Å². The number of anilines is 2. The predicted octanol–water partition coefficient (Wildman–Crippen LogP) is 4.59. The summed E-state index contributed by atoms with van der Waals surface area (Å²) in [6.45, 7) is 6.74. The number of ether oxygens (including phenoxy) is 2. The highest BCUT2D eigenvalue weighted by Gasteiger charge is 2.55. The fraction of sp³-hybridized carbons (Fsp3) is 0.600. The summed E-state index contributed by atoms with van der Waals surface area (Å²) >= 11 is 0. The first-order chi connectivity index (χ1) is 19.1. The molecule has 4 saturated carbocycles. The predicted molar refractivity (Wildman–Crippen MR) is 151 cm³/mol. The minimum absolute atomic E-state index is 0.0550. The molecule has 5 atom stereocenters. The molecule has 1 unspecified atom stereocenters. The van der Waals surface area contributed by atoms with Gasteiger partial charge in [0.05, 0.1) is 19.9 Å². The molecule has 4 N–H and O–H groups in total. The molecule has 1 heterocycles. The highest BCUT2D eigenvalue weighted by Crippen LogP contribution is 2.60. The van der Waals surface area contributed by atoms with Gasteiger partial charge in [0.25, 0.3) is 0 Å². The van der Waals surface area contributed by atoms with Crippen LogP contribution in [0.15, 0.2) is 24.4 Å². The Hall–Kier alpha value is -3.58. The lowest BCUT2D eigenvalue weighted by Gasteiger charge is -2.60. The van der Waals surface area contributed by atoms with Crippen molar-refractivity contribution in [2.24, 2.45) is 23.2 Å². The largest absolute Gasteiger partial charge is 0.496 e. The quantitative estimate of drug-likeness (QED) is 0.354. The third-order valence-corrected chi connectivity index (χ3v) is 8.59. The molecule has 1 amide bonds. The van der Waals surface area contributed by atoms with E-state index in [9.17, 15) is 15.2 Å². The summed E-state index contributed by atoms with van der Waals surface area (Å²) in [6.07, 6.45) is 6.73. The van der Waals surface area contributed by atoms with E-state index in [4.69, 9.17) is 9.47 Å². The highest BCUT2D eigenvalue weighted by molar-refractivity contribution is 5.68. The molecule has 4 bridgehead atoms. The molecule has 0 radical (unpaired) electrons. The third kappa shape index (κ3) is 6.09. The second-order valence-electron chi connectivity index (χ2n) is 12.7. The maximum Gasteiger partial charge on any atom is 0.407 e. The molecule has 10 heteroatoms. The standard InChI is InChI=1S/C30H40N6O4/c1-29(2,3)40-28(38)35-25-20-8-19-9-21(25)12-30(10-19,11-20)17-34-26-23(13-31)15-33-27(36-26)32-14-22-7-18(16-37)5-6-24(22)39-4/h5-7,15,19-21,25,37H,8-12,14,16-17H2,1-4H3,(H,35,38)(H2,32,33,34,36)/t19?,20-,21+,25-,30-. The fourth-order valence-corrected chi connectivity index (χ4v) is 7.29. The lowest BCUT2D eigenvalue weighted by Crippen LogP contribution is -2.60. The van der Waals surface area contributed by atoms with Crippen LogP contribution in [0.5, 0.6) is 5.75 Å². The van der Waals surface area contributed by atoms with E-state index in [0.29, 0.717) is 47.4 Å². The number of alkyl carbamates (subject to hydrolysis) is 1. The molecular weight excluding hydrogens is 508 g/mol. The molecule has 0 aliphatic heterocycles. The zero-order chi connectivity index (χ0) is 28.5. The van der Waals surface area contributed by atoms with Crippen molar-refractivity contribution < 1.29 is 19.4 Å². The summed E-state index contributed by atoms with van der Waals surface area (Å²) in [5, 5.41) is 29.2. The van der Waals surface area contributed by atoms with E-state index in [2.05, 4.69) is 32.0 Å². The van der Waals surface area contributed by atoms with E-state index < -0.39 is 5.60 Å². The van der Waals surface area contributed by atoms with Crippen LogP contribution in [0.3, 0.4) is 0 Å². The maximum atomic E-state index is 12.5. The van der Waals surface area contributed by atoms with Crippen LogP contribution in [0, 0.1) is 34.5 Å². The Labute approximate surface area is 235 Å². The summed E-state index contributed by atoms with van der Waals surface area (Å²) in [7, 11) is 1.61. The first-order valence-corrected chi connectivity index (χ1v) is 14.1. The lowest BCUT2D eigenvalue weighted by molar-refractivity contribution is -0.0703. The van der Waals surface area contributed by atoms with Crippen LogP contribution in [0.2, 0.25) is 0 Å². The molecule has 4 fully saturated rings. The summed E-state index contributed by atoms with van der Waals surface area (Å²) < 4.78 is 11.0. The Balaban J connectivity index is 1.25. The Bertz CT molecular complexity index is 1270. The first-order valence-electron chi connectivity index (χ1n) is 14.1. The number of nitrogens with one attached hydrogen (secondary N) is 3. The van der Waals surface area contributed by atoms with Crippen LogP contribution >= 0.6 is 0 Å². The van der Waals surface area contributed by atoms with Crippen LogP contribution in [0.4, 0.5) is 16.6 Å². The van der Waals surface area contributed by atoms with Gasteiger partial charge in [-0.15, -0.1) is 0 Å². The fourth-order valence-electron chi connectivity index (χ4n) is 7.29. The van der Waals surface area contributed by atoms with Gasteiger partial charge in [-0.25, -0.2) is 9.78 Å². The van der Waals surface area contributed by atoms with Crippen molar-refractivity contribution in [2.75, 3.05) is 24.3 Å². The number of carbonyl (C=O) groups is 1. The Morgan fingerprint density at radius 3 is 2.60 bits per heavy atom. The molecular formula is C30H40N6O4. The van der Waals surface area contributed by atoms with E-state index in [0.717, 1.165) is 49.8 Å². The number of amides is 1. The van der Waals surface area contributed by atoms with Crippen molar-refractivity contribution in [1.29, 1.82) is 5.26 Å². The minimum Gasteiger partial charge on any atom is -0.496 e. The molecule has 0 spiro atoms. The van der Waals surface area contributed by atoms with Gasteiger partial charge in [-0.1, -0.05) is 6.07 Å². The lowest BCUT2D eigenvalue weighted by atomic mass is 9.48. The van der Waals surface area contributed by atoms with Gasteiger partial charge in [-0.2, -0.15) is 10.2 Å². The van der Waals surface area contributed by atoms with Crippen molar-refractivity contribution in [1.82, 2.24) is 15.3 Å². The Morgan fingerprint density at radius 1 is 1.20 bits per heavy atom. The second-order valence-corrected chi connectivity index (χ2v) is 12.7.